The van der Waals surface area contributed by atoms with Crippen LogP contribution in [0.15, 0.2) is 24.3 Å². The van der Waals surface area contributed by atoms with Crippen molar-refractivity contribution in [3.8, 4) is 0 Å². The lowest BCUT2D eigenvalue weighted by molar-refractivity contribution is -0.137. The van der Waals surface area contributed by atoms with Gasteiger partial charge in [0.1, 0.15) is 0 Å². The van der Waals surface area contributed by atoms with Crippen molar-refractivity contribution < 1.29 is 19.5 Å². The van der Waals surface area contributed by atoms with E-state index in [4.69, 9.17) is 5.11 Å². The molecule has 4 nitrogen and oxygen atoms in total. The fourth-order valence-corrected chi connectivity index (χ4v) is 1.99. The van der Waals surface area contributed by atoms with Crippen LogP contribution in [0.3, 0.4) is 0 Å². The van der Waals surface area contributed by atoms with Crippen molar-refractivity contribution in [3.63, 3.8) is 0 Å². The summed E-state index contributed by atoms with van der Waals surface area (Å²) in [5, 5.41) is 8.58. The Morgan fingerprint density at radius 1 is 1.25 bits per heavy atom. The topological polar surface area (TPSA) is 71.4 Å². The van der Waals surface area contributed by atoms with Gasteiger partial charge in [-0.15, -0.1) is 0 Å². The maximum Gasteiger partial charge on any atom is 0.303 e. The Kier molecular flexibility index (Phi) is 2.56. The van der Waals surface area contributed by atoms with Gasteiger partial charge in [0, 0.05) is 12.0 Å². The maximum absolute atomic E-state index is 11.6. The number of carbonyl (C=O) groups excluding carboxylic acids is 2. The first kappa shape index (κ1) is 10.5. The molecular weight excluding hydrogens is 208 g/mol. The lowest BCUT2D eigenvalue weighted by atomic mass is 9.95. The molecule has 1 atom stereocenters. The lowest BCUT2D eigenvalue weighted by Gasteiger charge is -2.06. The van der Waals surface area contributed by atoms with Gasteiger partial charge in [-0.25, -0.2) is 0 Å². The molecule has 0 aromatic heterocycles. The molecule has 1 aromatic carbocycles. The molecule has 1 aliphatic carbocycles. The second kappa shape index (κ2) is 3.89. The number of aliphatic carboxylic acids is 1. The predicted molar refractivity (Wildman–Crippen MR) is 55.4 cm³/mol. The Bertz CT molecular complexity index is 476. The van der Waals surface area contributed by atoms with E-state index in [0.29, 0.717) is 11.1 Å². The third kappa shape index (κ3) is 1.62. The number of benzene rings is 1. The standard InChI is InChI=1S/C12H10O4/c13-10(14)6-5-9-7-3-1-2-4-8(7)11(15)12(9)16/h1-4,9H,5-6H2,(H,13,14). The van der Waals surface area contributed by atoms with Gasteiger partial charge < -0.3 is 5.11 Å². The van der Waals surface area contributed by atoms with Crippen molar-refractivity contribution in [1.82, 2.24) is 0 Å². The molecule has 1 N–H and O–H groups in total. The van der Waals surface area contributed by atoms with Crippen molar-refractivity contribution in [2.45, 2.75) is 18.8 Å². The Morgan fingerprint density at radius 3 is 2.62 bits per heavy atom. The normalized spacial score (nSPS) is 18.6. The number of fused-ring (bicyclic) bond motifs is 1. The van der Waals surface area contributed by atoms with E-state index in [1.807, 2.05) is 0 Å². The van der Waals surface area contributed by atoms with Gasteiger partial charge in [0.05, 0.1) is 5.92 Å². The fourth-order valence-electron chi connectivity index (χ4n) is 1.99. The first-order valence-electron chi connectivity index (χ1n) is 5.00. The molecule has 1 aliphatic rings. The number of hydrogen-bond donors (Lipinski definition) is 1. The van der Waals surface area contributed by atoms with Crippen LogP contribution in [-0.4, -0.2) is 22.6 Å². The quantitative estimate of drug-likeness (QED) is 0.778. The average molecular weight is 218 g/mol. The molecule has 0 amide bonds. The van der Waals surface area contributed by atoms with E-state index in [1.54, 1.807) is 24.3 Å². The monoisotopic (exact) mass is 218 g/mol. The number of hydrogen-bond acceptors (Lipinski definition) is 3. The van der Waals surface area contributed by atoms with Crippen molar-refractivity contribution in [1.29, 1.82) is 0 Å². The summed E-state index contributed by atoms with van der Waals surface area (Å²) >= 11 is 0. The van der Waals surface area contributed by atoms with Gasteiger partial charge in [-0.1, -0.05) is 24.3 Å². The van der Waals surface area contributed by atoms with E-state index < -0.39 is 23.5 Å². The van der Waals surface area contributed by atoms with Gasteiger partial charge in [-0.2, -0.15) is 0 Å². The van der Waals surface area contributed by atoms with E-state index in [2.05, 4.69) is 0 Å². The molecule has 0 heterocycles. The Labute approximate surface area is 91.9 Å². The molecule has 0 saturated carbocycles. The zero-order valence-corrected chi connectivity index (χ0v) is 8.47. The maximum atomic E-state index is 11.6. The summed E-state index contributed by atoms with van der Waals surface area (Å²) in [4.78, 5) is 33.6. The second-order valence-corrected chi connectivity index (χ2v) is 3.77. The number of carboxylic acids is 1. The van der Waals surface area contributed by atoms with Crippen LogP contribution in [0.5, 0.6) is 0 Å². The van der Waals surface area contributed by atoms with Crippen LogP contribution in [0.1, 0.15) is 34.7 Å². The van der Waals surface area contributed by atoms with E-state index in [1.165, 1.54) is 0 Å². The SMILES string of the molecule is O=C(O)CCC1C(=O)C(=O)c2ccccc21. The molecule has 1 aromatic rings. The zero-order valence-electron chi connectivity index (χ0n) is 8.47. The summed E-state index contributed by atoms with van der Waals surface area (Å²) in [6.07, 6.45) is 0.0922. The van der Waals surface area contributed by atoms with Gasteiger partial charge >= 0.3 is 5.97 Å². The van der Waals surface area contributed by atoms with E-state index in [0.717, 1.165) is 0 Å². The summed E-state index contributed by atoms with van der Waals surface area (Å²) in [6.45, 7) is 0. The highest BCUT2D eigenvalue weighted by atomic mass is 16.4. The van der Waals surface area contributed by atoms with Crippen LogP contribution in [0.25, 0.3) is 0 Å². The van der Waals surface area contributed by atoms with Crippen LogP contribution in [-0.2, 0) is 9.59 Å². The highest BCUT2D eigenvalue weighted by Gasteiger charge is 2.37. The summed E-state index contributed by atoms with van der Waals surface area (Å²) in [5.74, 6) is -2.50. The van der Waals surface area contributed by atoms with Crippen LogP contribution >= 0.6 is 0 Å². The minimum absolute atomic E-state index is 0.0992. The van der Waals surface area contributed by atoms with Crippen molar-refractivity contribution in [3.05, 3.63) is 35.4 Å². The second-order valence-electron chi connectivity index (χ2n) is 3.77. The zero-order chi connectivity index (χ0) is 11.7. The van der Waals surface area contributed by atoms with Crippen LogP contribution in [0.2, 0.25) is 0 Å². The summed E-state index contributed by atoms with van der Waals surface area (Å²) < 4.78 is 0. The number of ketones is 2. The molecule has 2 rings (SSSR count). The van der Waals surface area contributed by atoms with Gasteiger partial charge in [-0.3, -0.25) is 14.4 Å². The van der Waals surface area contributed by atoms with Crippen LogP contribution < -0.4 is 0 Å². The molecule has 0 radical (unpaired) electrons. The third-order valence-corrected chi connectivity index (χ3v) is 2.77. The molecule has 0 saturated heterocycles. The largest absolute Gasteiger partial charge is 0.481 e. The molecule has 0 spiro atoms. The number of Topliss-reactive ketones (excluding diaryl/α,β-unsaturated/α-hetero) is 2. The van der Waals surface area contributed by atoms with Gasteiger partial charge in [0.15, 0.2) is 0 Å². The first-order chi connectivity index (χ1) is 7.61. The van der Waals surface area contributed by atoms with E-state index >= 15 is 0 Å². The highest BCUT2D eigenvalue weighted by molar-refractivity contribution is 6.48. The highest BCUT2D eigenvalue weighted by Crippen LogP contribution is 2.33. The summed E-state index contributed by atoms with van der Waals surface area (Å²) in [5.41, 5.74) is 1.08. The van der Waals surface area contributed by atoms with E-state index in [9.17, 15) is 14.4 Å². The predicted octanol–water partition coefficient (Wildman–Crippen LogP) is 1.40. The molecule has 1 unspecified atom stereocenters. The number of carboxylic acid groups (broad SMARTS) is 1. The minimum atomic E-state index is -0.954. The summed E-state index contributed by atoms with van der Waals surface area (Å²) in [6, 6.07) is 6.77. The molecule has 0 aliphatic heterocycles. The smallest absolute Gasteiger partial charge is 0.303 e. The summed E-state index contributed by atoms with van der Waals surface area (Å²) in [7, 11) is 0. The minimum Gasteiger partial charge on any atom is -0.481 e. The number of rotatable bonds is 3. The Morgan fingerprint density at radius 2 is 1.94 bits per heavy atom. The lowest BCUT2D eigenvalue weighted by Crippen LogP contribution is -2.13. The van der Waals surface area contributed by atoms with Gasteiger partial charge in [-0.05, 0) is 12.0 Å². The van der Waals surface area contributed by atoms with Crippen molar-refractivity contribution >= 4 is 17.5 Å². The van der Waals surface area contributed by atoms with Gasteiger partial charge in [0.25, 0.3) is 0 Å². The molecule has 4 heteroatoms. The first-order valence-corrected chi connectivity index (χ1v) is 5.00. The molecule has 82 valence electrons. The molecule has 0 bridgehead atoms. The van der Waals surface area contributed by atoms with Crippen molar-refractivity contribution in [2.24, 2.45) is 0 Å². The van der Waals surface area contributed by atoms with Crippen LogP contribution in [0, 0.1) is 0 Å². The van der Waals surface area contributed by atoms with E-state index in [-0.39, 0.29) is 12.8 Å². The third-order valence-electron chi connectivity index (χ3n) is 2.77. The number of carbonyl (C=O) groups is 3. The molecular formula is C12H10O4. The molecule has 16 heavy (non-hydrogen) atoms. The molecule has 0 fully saturated rings. The average Bonchev–Trinajstić information content (AvgIpc) is 2.50. The van der Waals surface area contributed by atoms with Crippen LogP contribution in [0.4, 0.5) is 0 Å². The van der Waals surface area contributed by atoms with Gasteiger partial charge in [0.2, 0.25) is 11.6 Å². The Balaban J connectivity index is 2.30. The van der Waals surface area contributed by atoms with Crippen molar-refractivity contribution in [2.75, 3.05) is 0 Å². The Hall–Kier alpha value is -1.97. The fraction of sp³-hybridized carbons (Fsp3) is 0.250.